The third-order valence-electron chi connectivity index (χ3n) is 3.00. The summed E-state index contributed by atoms with van der Waals surface area (Å²) in [6, 6.07) is 8.72. The van der Waals surface area contributed by atoms with Crippen molar-refractivity contribution >= 4 is 28.7 Å². The molecule has 0 aromatic heterocycles. The van der Waals surface area contributed by atoms with Crippen LogP contribution in [-0.4, -0.2) is 16.0 Å². The average Bonchev–Trinajstić information content (AvgIpc) is 2.42. The molecule has 0 atom stereocenters. The molecule has 0 bridgehead atoms. The van der Waals surface area contributed by atoms with Gasteiger partial charge in [-0.2, -0.15) is 0 Å². The predicted octanol–water partition coefficient (Wildman–Crippen LogP) is 2.93. The Morgan fingerprint density at radius 3 is 2.52 bits per heavy atom. The second kappa shape index (κ2) is 5.49. The number of nitrogens with two attached hydrogens (primary N) is 1. The van der Waals surface area contributed by atoms with E-state index >= 15 is 0 Å². The van der Waals surface area contributed by atoms with Crippen LogP contribution >= 0.6 is 0 Å². The van der Waals surface area contributed by atoms with E-state index in [1.165, 1.54) is 30.3 Å². The molecule has 108 valence electrons. The molecule has 0 saturated heterocycles. The van der Waals surface area contributed by atoms with Crippen molar-refractivity contribution in [3.8, 4) is 0 Å². The number of non-ortho nitro benzene ring substituents is 1. The Labute approximate surface area is 120 Å². The molecule has 2 rings (SSSR count). The maximum Gasteiger partial charge on any atom is 0.335 e. The molecule has 0 aliphatic heterocycles. The Bertz CT molecular complexity index is 728. The first-order valence-electron chi connectivity index (χ1n) is 6.03. The Hall–Kier alpha value is -3.09. The molecule has 0 aliphatic carbocycles. The van der Waals surface area contributed by atoms with Crippen LogP contribution in [0.15, 0.2) is 36.4 Å². The van der Waals surface area contributed by atoms with Crippen LogP contribution < -0.4 is 11.1 Å². The maximum absolute atomic E-state index is 11.0. The minimum Gasteiger partial charge on any atom is -0.478 e. The van der Waals surface area contributed by atoms with Gasteiger partial charge in [0.25, 0.3) is 5.69 Å². The minimum absolute atomic E-state index is 0.103. The molecule has 0 unspecified atom stereocenters. The zero-order chi connectivity index (χ0) is 15.6. The summed E-state index contributed by atoms with van der Waals surface area (Å²) in [6.45, 7) is 1.82. The Balaban J connectivity index is 2.36. The maximum atomic E-state index is 11.0. The normalized spacial score (nSPS) is 10.1. The van der Waals surface area contributed by atoms with Crippen molar-refractivity contribution in [3.05, 3.63) is 57.6 Å². The van der Waals surface area contributed by atoms with E-state index < -0.39 is 10.9 Å². The molecule has 2 aromatic rings. The summed E-state index contributed by atoms with van der Waals surface area (Å²) in [5, 5.41) is 22.6. The summed E-state index contributed by atoms with van der Waals surface area (Å²) < 4.78 is 0. The fourth-order valence-electron chi connectivity index (χ4n) is 1.81. The Morgan fingerprint density at radius 1 is 1.24 bits per heavy atom. The average molecular weight is 287 g/mol. The monoisotopic (exact) mass is 287 g/mol. The number of carbonyl (C=O) groups is 1. The number of anilines is 3. The van der Waals surface area contributed by atoms with Crippen LogP contribution in [0.4, 0.5) is 22.7 Å². The zero-order valence-corrected chi connectivity index (χ0v) is 11.2. The van der Waals surface area contributed by atoms with Crippen LogP contribution in [0.1, 0.15) is 15.9 Å². The third kappa shape index (κ3) is 3.08. The van der Waals surface area contributed by atoms with Gasteiger partial charge in [0.1, 0.15) is 0 Å². The fourth-order valence-corrected chi connectivity index (χ4v) is 1.81. The molecular weight excluding hydrogens is 274 g/mol. The van der Waals surface area contributed by atoms with Crippen LogP contribution in [0.5, 0.6) is 0 Å². The largest absolute Gasteiger partial charge is 0.478 e. The molecule has 7 heteroatoms. The molecule has 4 N–H and O–H groups in total. The van der Waals surface area contributed by atoms with Crippen molar-refractivity contribution < 1.29 is 14.8 Å². The lowest BCUT2D eigenvalue weighted by molar-refractivity contribution is -0.384. The number of aryl methyl sites for hydroxylation is 1. The quantitative estimate of drug-likeness (QED) is 0.452. The van der Waals surface area contributed by atoms with Crippen LogP contribution in [0.2, 0.25) is 0 Å². The van der Waals surface area contributed by atoms with Crippen molar-refractivity contribution in [1.82, 2.24) is 0 Å². The number of benzene rings is 2. The van der Waals surface area contributed by atoms with Gasteiger partial charge in [-0.05, 0) is 30.7 Å². The summed E-state index contributed by atoms with van der Waals surface area (Å²) in [5.74, 6) is -1.03. The van der Waals surface area contributed by atoms with Crippen LogP contribution in [0.25, 0.3) is 0 Å². The lowest BCUT2D eigenvalue weighted by Gasteiger charge is -2.12. The highest BCUT2D eigenvalue weighted by Crippen LogP contribution is 2.29. The van der Waals surface area contributed by atoms with Crippen LogP contribution in [0, 0.1) is 17.0 Å². The van der Waals surface area contributed by atoms with E-state index in [2.05, 4.69) is 5.32 Å². The van der Waals surface area contributed by atoms with Crippen LogP contribution in [-0.2, 0) is 0 Å². The highest BCUT2D eigenvalue weighted by molar-refractivity contribution is 5.90. The molecule has 0 spiro atoms. The number of nitrogens with one attached hydrogen (secondary N) is 1. The number of hydrogen-bond donors (Lipinski definition) is 3. The van der Waals surface area contributed by atoms with Gasteiger partial charge in [-0.3, -0.25) is 10.1 Å². The Morgan fingerprint density at radius 2 is 1.95 bits per heavy atom. The standard InChI is InChI=1S/C14H13N3O4/c1-8-2-3-9(14(18)19)6-13(8)16-12-5-4-10(17(20)21)7-11(12)15/h2-7,16H,15H2,1H3,(H,18,19). The van der Waals surface area contributed by atoms with Crippen LogP contribution in [0.3, 0.4) is 0 Å². The third-order valence-corrected chi connectivity index (χ3v) is 3.00. The molecule has 0 fully saturated rings. The lowest BCUT2D eigenvalue weighted by atomic mass is 10.1. The number of hydrogen-bond acceptors (Lipinski definition) is 5. The van der Waals surface area contributed by atoms with E-state index in [-0.39, 0.29) is 16.9 Å². The van der Waals surface area contributed by atoms with Gasteiger partial charge >= 0.3 is 5.97 Å². The number of aromatic carboxylic acids is 1. The van der Waals surface area contributed by atoms with E-state index in [1.807, 2.05) is 6.92 Å². The summed E-state index contributed by atoms with van der Waals surface area (Å²) in [5.41, 5.74) is 7.91. The van der Waals surface area contributed by atoms with Gasteiger partial charge in [-0.25, -0.2) is 4.79 Å². The summed E-state index contributed by atoms with van der Waals surface area (Å²) in [7, 11) is 0. The molecule has 0 heterocycles. The molecule has 0 saturated carbocycles. The zero-order valence-electron chi connectivity index (χ0n) is 11.2. The molecular formula is C14H13N3O4. The summed E-state index contributed by atoms with van der Waals surface area (Å²) in [6.07, 6.45) is 0. The van der Waals surface area contributed by atoms with Gasteiger partial charge in [0.05, 0.1) is 21.9 Å². The second-order valence-corrected chi connectivity index (χ2v) is 4.49. The van der Waals surface area contributed by atoms with Crippen molar-refractivity contribution in [2.75, 3.05) is 11.1 Å². The number of carboxylic acids is 1. The van der Waals surface area contributed by atoms with Gasteiger partial charge in [0.2, 0.25) is 0 Å². The highest BCUT2D eigenvalue weighted by Gasteiger charge is 2.11. The number of nitrogens with zero attached hydrogens (tertiary/aromatic N) is 1. The highest BCUT2D eigenvalue weighted by atomic mass is 16.6. The van der Waals surface area contributed by atoms with Gasteiger partial charge in [-0.15, -0.1) is 0 Å². The van der Waals surface area contributed by atoms with Gasteiger partial charge < -0.3 is 16.2 Å². The number of nitro groups is 1. The number of nitro benzene ring substituents is 1. The van der Waals surface area contributed by atoms with Gasteiger partial charge in [0.15, 0.2) is 0 Å². The van der Waals surface area contributed by atoms with Crippen molar-refractivity contribution in [1.29, 1.82) is 0 Å². The number of nitrogen functional groups attached to an aromatic ring is 1. The first kappa shape index (κ1) is 14.3. The first-order chi connectivity index (χ1) is 9.88. The molecule has 21 heavy (non-hydrogen) atoms. The lowest BCUT2D eigenvalue weighted by Crippen LogP contribution is -2.02. The van der Waals surface area contributed by atoms with Crippen molar-refractivity contribution in [2.45, 2.75) is 6.92 Å². The molecule has 0 aliphatic rings. The smallest absolute Gasteiger partial charge is 0.335 e. The minimum atomic E-state index is -1.03. The van der Waals surface area contributed by atoms with E-state index in [0.717, 1.165) is 5.56 Å². The number of rotatable bonds is 4. The van der Waals surface area contributed by atoms with E-state index in [1.54, 1.807) is 6.07 Å². The second-order valence-electron chi connectivity index (χ2n) is 4.49. The van der Waals surface area contributed by atoms with Crippen molar-refractivity contribution in [3.63, 3.8) is 0 Å². The summed E-state index contributed by atoms with van der Waals surface area (Å²) in [4.78, 5) is 21.1. The first-order valence-corrected chi connectivity index (χ1v) is 6.03. The predicted molar refractivity (Wildman–Crippen MR) is 78.9 cm³/mol. The molecule has 2 aromatic carbocycles. The Kier molecular flexibility index (Phi) is 3.75. The molecule has 0 amide bonds. The number of carboxylic acid groups (broad SMARTS) is 1. The summed E-state index contributed by atoms with van der Waals surface area (Å²) >= 11 is 0. The van der Waals surface area contributed by atoms with E-state index in [0.29, 0.717) is 11.4 Å². The SMILES string of the molecule is Cc1ccc(C(=O)O)cc1Nc1ccc([N+](=O)[O-])cc1N. The van der Waals surface area contributed by atoms with Gasteiger partial charge in [0, 0.05) is 17.8 Å². The van der Waals surface area contributed by atoms with E-state index in [4.69, 9.17) is 10.8 Å². The topological polar surface area (TPSA) is 118 Å². The van der Waals surface area contributed by atoms with E-state index in [9.17, 15) is 14.9 Å². The fraction of sp³-hybridized carbons (Fsp3) is 0.0714. The van der Waals surface area contributed by atoms with Gasteiger partial charge in [-0.1, -0.05) is 6.07 Å². The molecule has 7 nitrogen and oxygen atoms in total. The molecule has 0 radical (unpaired) electrons. The van der Waals surface area contributed by atoms with Crippen molar-refractivity contribution in [2.24, 2.45) is 0 Å².